The highest BCUT2D eigenvalue weighted by Gasteiger charge is 2.39. The first-order valence-electron chi connectivity index (χ1n) is 9.98. The molecule has 2 aromatic rings. The van der Waals surface area contributed by atoms with Gasteiger partial charge in [0.15, 0.2) is 5.84 Å². The predicted octanol–water partition coefficient (Wildman–Crippen LogP) is 3.06. The molecule has 30 heavy (non-hydrogen) atoms. The van der Waals surface area contributed by atoms with E-state index in [2.05, 4.69) is 69.4 Å². The summed E-state index contributed by atoms with van der Waals surface area (Å²) in [5.74, 6) is 1.10. The first-order chi connectivity index (χ1) is 14.1. The normalized spacial score (nSPS) is 20.8. The summed E-state index contributed by atoms with van der Waals surface area (Å²) >= 11 is -0.508. The van der Waals surface area contributed by atoms with Gasteiger partial charge in [-0.1, -0.05) is 20.7 Å². The molecule has 0 radical (unpaired) electrons. The number of benzene rings is 1. The van der Waals surface area contributed by atoms with Gasteiger partial charge in [0.05, 0.1) is 18.1 Å². The number of hydrogen-bond acceptors (Lipinski definition) is 7. The number of aromatic hydroxyl groups is 1. The predicted molar refractivity (Wildman–Crippen MR) is 129 cm³/mol. The van der Waals surface area contributed by atoms with Crippen LogP contribution in [0.4, 0.5) is 0 Å². The third-order valence-corrected chi connectivity index (χ3v) is 7.68. The quantitative estimate of drug-likeness (QED) is 0.607. The highest BCUT2D eigenvalue weighted by molar-refractivity contribution is 14.2. The molecule has 3 heterocycles. The van der Waals surface area contributed by atoms with E-state index in [0.29, 0.717) is 11.7 Å². The third-order valence-electron chi connectivity index (χ3n) is 5.43. The van der Waals surface area contributed by atoms with E-state index < -0.39 is 20.7 Å². The fraction of sp³-hybridized carbons (Fsp3) is 0.476. The second-order valence-corrected chi connectivity index (χ2v) is 11.4. The lowest BCUT2D eigenvalue weighted by Crippen LogP contribution is -2.62. The zero-order chi connectivity index (χ0) is 21.5. The number of aromatic nitrogens is 3. The van der Waals surface area contributed by atoms with Gasteiger partial charge in [0.2, 0.25) is 0 Å². The number of piperidine rings is 1. The fourth-order valence-corrected chi connectivity index (χ4v) is 6.56. The van der Waals surface area contributed by atoms with Crippen molar-refractivity contribution in [2.75, 3.05) is 7.05 Å². The maximum absolute atomic E-state index is 10.5. The molecule has 9 heteroatoms. The van der Waals surface area contributed by atoms with E-state index in [1.807, 2.05) is 12.1 Å². The van der Waals surface area contributed by atoms with Crippen LogP contribution in [-0.2, 0) is 0 Å². The van der Waals surface area contributed by atoms with Crippen LogP contribution in [-0.4, -0.2) is 62.7 Å². The summed E-state index contributed by atoms with van der Waals surface area (Å²) in [6.07, 6.45) is 5.32. The van der Waals surface area contributed by atoms with Crippen LogP contribution >= 0.6 is 20.7 Å². The molecule has 1 fully saturated rings. The number of amidine groups is 1. The molecule has 0 saturated carbocycles. The topological polar surface area (TPSA) is 90.9 Å². The number of nitrogens with zero attached hydrogens (tertiary/aromatic N) is 6. The molecule has 8 nitrogen and oxygen atoms in total. The minimum atomic E-state index is -0.508. The Hall–Kier alpha value is -2.14. The molecule has 0 atom stereocenters. The smallest absolute Gasteiger partial charge is 0.157 e. The number of phenols is 1. The molecule has 4 rings (SSSR count). The van der Waals surface area contributed by atoms with Crippen molar-refractivity contribution in [3.8, 4) is 11.4 Å². The minimum absolute atomic E-state index is 0.0797. The molecule has 2 aliphatic rings. The summed E-state index contributed by atoms with van der Waals surface area (Å²) in [7, 11) is 2.12. The highest BCUT2D eigenvalue weighted by Crippen LogP contribution is 2.32. The second-order valence-electron chi connectivity index (χ2n) is 9.15. The first-order valence-corrected chi connectivity index (χ1v) is 12.3. The molecule has 1 aromatic heterocycles. The maximum atomic E-state index is 10.5. The number of rotatable bonds is 3. The largest absolute Gasteiger partial charge is 0.507 e. The van der Waals surface area contributed by atoms with Crippen molar-refractivity contribution in [3.63, 3.8) is 0 Å². The summed E-state index contributed by atoms with van der Waals surface area (Å²) in [6.45, 7) is 9.04. The Balaban J connectivity index is 1.53. The van der Waals surface area contributed by atoms with Gasteiger partial charge >= 0.3 is 0 Å². The third kappa shape index (κ3) is 4.46. The Labute approximate surface area is 186 Å². The number of hydrogen-bond donors (Lipinski definition) is 2. The average molecular weight is 521 g/mol. The van der Waals surface area contributed by atoms with Crippen molar-refractivity contribution in [1.82, 2.24) is 25.2 Å². The van der Waals surface area contributed by atoms with E-state index >= 15 is 0 Å². The molecule has 0 spiro atoms. The second kappa shape index (κ2) is 7.84. The van der Waals surface area contributed by atoms with Crippen LogP contribution in [0.25, 0.3) is 5.69 Å². The molecule has 2 N–H and O–H groups in total. The van der Waals surface area contributed by atoms with E-state index in [9.17, 15) is 5.11 Å². The Kier molecular flexibility index (Phi) is 5.52. The number of phenolic OH excluding ortho intramolecular Hbond substituents is 1. The van der Waals surface area contributed by atoms with E-state index in [-0.39, 0.29) is 16.8 Å². The molecule has 1 aromatic carbocycles. The summed E-state index contributed by atoms with van der Waals surface area (Å²) in [6, 6.07) is 5.81. The molecule has 0 bridgehead atoms. The lowest BCUT2D eigenvalue weighted by atomic mass is 9.79. The lowest BCUT2D eigenvalue weighted by molar-refractivity contribution is 0.114. The summed E-state index contributed by atoms with van der Waals surface area (Å²) in [5.41, 5.74) is 1.59. The zero-order valence-corrected chi connectivity index (χ0v) is 20.1. The average Bonchev–Trinajstić information content (AvgIpc) is 3.20. The molecular weight excluding hydrogens is 493 g/mol. The van der Waals surface area contributed by atoms with Gasteiger partial charge in [0, 0.05) is 39.8 Å². The molecule has 1 saturated heterocycles. The van der Waals surface area contributed by atoms with Crippen LogP contribution in [0.1, 0.15) is 46.1 Å². The van der Waals surface area contributed by atoms with Crippen LogP contribution in [0.15, 0.2) is 40.8 Å². The molecule has 0 aliphatic carbocycles. The first kappa shape index (κ1) is 21.1. The van der Waals surface area contributed by atoms with Gasteiger partial charge in [-0.25, -0.2) is 0 Å². The van der Waals surface area contributed by atoms with Crippen LogP contribution in [0.3, 0.4) is 0 Å². The van der Waals surface area contributed by atoms with Gasteiger partial charge in [0.25, 0.3) is 0 Å². The number of halogens is 1. The fourth-order valence-electron chi connectivity index (χ4n) is 4.40. The van der Waals surface area contributed by atoms with E-state index in [1.54, 1.807) is 18.5 Å². The lowest BCUT2D eigenvalue weighted by Gasteiger charge is -2.49. The molecule has 0 unspecified atom stereocenters. The summed E-state index contributed by atoms with van der Waals surface area (Å²) < 4.78 is 3.06. The Morgan fingerprint density at radius 2 is 1.77 bits per heavy atom. The van der Waals surface area contributed by atoms with Crippen molar-refractivity contribution in [1.29, 1.82) is 0 Å². The Morgan fingerprint density at radius 3 is 2.33 bits per heavy atom. The van der Waals surface area contributed by atoms with Gasteiger partial charge < -0.3 is 15.3 Å². The van der Waals surface area contributed by atoms with Crippen molar-refractivity contribution in [2.45, 2.75) is 57.7 Å². The van der Waals surface area contributed by atoms with Crippen LogP contribution in [0.5, 0.6) is 5.75 Å². The monoisotopic (exact) mass is 521 g/mol. The van der Waals surface area contributed by atoms with Gasteiger partial charge in [-0.15, -0.1) is 10.2 Å². The maximum Gasteiger partial charge on any atom is 0.157 e. The van der Waals surface area contributed by atoms with Crippen LogP contribution < -0.4 is 5.32 Å². The Morgan fingerprint density at radius 1 is 1.10 bits per heavy atom. The molecule has 160 valence electrons. The van der Waals surface area contributed by atoms with E-state index in [0.717, 1.165) is 28.0 Å². The molecule has 0 amide bonds. The van der Waals surface area contributed by atoms with E-state index in [1.165, 1.54) is 4.80 Å². The van der Waals surface area contributed by atoms with Crippen molar-refractivity contribution in [3.05, 3.63) is 36.2 Å². The van der Waals surface area contributed by atoms with E-state index in [4.69, 9.17) is 0 Å². The summed E-state index contributed by atoms with van der Waals surface area (Å²) in [5, 5.41) is 31.5. The van der Waals surface area contributed by atoms with Gasteiger partial charge in [-0.2, -0.15) is 15.0 Å². The van der Waals surface area contributed by atoms with Crippen molar-refractivity contribution in [2.24, 2.45) is 10.2 Å². The van der Waals surface area contributed by atoms with Crippen LogP contribution in [0.2, 0.25) is 0 Å². The van der Waals surface area contributed by atoms with Gasteiger partial charge in [0.1, 0.15) is 9.47 Å². The molecule has 2 aliphatic heterocycles. The minimum Gasteiger partial charge on any atom is -0.507 e. The molecular formula is C21H28IN7O. The SMILES string of the molecule is CN(C1=NN=C(c2ccc(-n3nccn3)cc2O)I=C1)C1CC(C)(C)NC(C)(C)C1. The van der Waals surface area contributed by atoms with Crippen molar-refractivity contribution < 1.29 is 5.11 Å². The number of nitrogens with one attached hydrogen (secondary N) is 1. The summed E-state index contributed by atoms with van der Waals surface area (Å²) in [4.78, 5) is 3.75. The van der Waals surface area contributed by atoms with Crippen molar-refractivity contribution >= 4 is 34.3 Å². The highest BCUT2D eigenvalue weighted by atomic mass is 127. The van der Waals surface area contributed by atoms with Crippen LogP contribution in [0, 0.1) is 0 Å². The zero-order valence-electron chi connectivity index (χ0n) is 18.0. The Bertz CT molecular complexity index is 1010. The van der Waals surface area contributed by atoms with Gasteiger partial charge in [-0.3, -0.25) is 0 Å². The van der Waals surface area contributed by atoms with Gasteiger partial charge in [-0.05, 0) is 52.7 Å². The standard InChI is InChI=1S/C21H28IN7O/c1-20(2)11-15(12-21(3,4)27-20)28(5)18-13-22-19(26-25-18)16-7-6-14(10-17(16)30)29-23-8-9-24-29/h6-10,13,15,27,30H,11-12H2,1-5H3.